The summed E-state index contributed by atoms with van der Waals surface area (Å²) in [6.07, 6.45) is 2.85. The van der Waals surface area contributed by atoms with E-state index in [9.17, 15) is 18.0 Å². The number of amides is 1. The van der Waals surface area contributed by atoms with E-state index < -0.39 is 15.7 Å². The van der Waals surface area contributed by atoms with Crippen LogP contribution in [0.5, 0.6) is 5.88 Å². The van der Waals surface area contributed by atoms with Gasteiger partial charge in [0.25, 0.3) is 5.56 Å². The van der Waals surface area contributed by atoms with Crippen molar-refractivity contribution in [2.75, 3.05) is 6.54 Å². The van der Waals surface area contributed by atoms with Gasteiger partial charge in [-0.15, -0.1) is 0 Å². The molecule has 0 bridgehead atoms. The van der Waals surface area contributed by atoms with E-state index in [4.69, 9.17) is 8.92 Å². The highest BCUT2D eigenvalue weighted by Crippen LogP contribution is 2.53. The summed E-state index contributed by atoms with van der Waals surface area (Å²) in [5.74, 6) is -0.261. The summed E-state index contributed by atoms with van der Waals surface area (Å²) in [5, 5.41) is 5.22. The zero-order chi connectivity index (χ0) is 27.2. The molecule has 0 N–H and O–H groups in total. The Balaban J connectivity index is 1.17. The minimum atomic E-state index is -4.15. The summed E-state index contributed by atoms with van der Waals surface area (Å²) in [7, 11) is -4.15. The number of hydrogen-bond acceptors (Lipinski definition) is 9. The molecule has 1 atom stereocenters. The van der Waals surface area contributed by atoms with Gasteiger partial charge in [-0.1, -0.05) is 59.4 Å². The second-order valence-corrected chi connectivity index (χ2v) is 12.6. The Morgan fingerprint density at radius 1 is 1.13 bits per heavy atom. The van der Waals surface area contributed by atoms with Crippen LogP contribution in [0.3, 0.4) is 0 Å². The normalized spacial score (nSPS) is 18.3. The van der Waals surface area contributed by atoms with Crippen LogP contribution >= 0.6 is 11.3 Å². The first-order chi connectivity index (χ1) is 18.7. The third-order valence-corrected chi connectivity index (χ3v) is 9.55. The van der Waals surface area contributed by atoms with Gasteiger partial charge in [0.05, 0.1) is 6.07 Å². The standard InChI is InChI=1S/C27H26N4O6S2/c1-18-7-9-21(10-8-18)39(34,35)37-22-15-23(32)31-25(28-22)38-24(29-31)20-11-14-30(27(16-20)12-13-27)26(33)36-17-19-5-3-2-4-6-19/h2-10,15,20H,11-14,16-17H2,1H3. The van der Waals surface area contributed by atoms with E-state index in [2.05, 4.69) is 10.1 Å². The molecule has 2 fully saturated rings. The summed E-state index contributed by atoms with van der Waals surface area (Å²) in [5.41, 5.74) is 1.06. The third kappa shape index (κ3) is 5.13. The molecule has 39 heavy (non-hydrogen) atoms. The minimum absolute atomic E-state index is 0.0242. The van der Waals surface area contributed by atoms with Crippen LogP contribution in [0.1, 0.15) is 47.7 Å². The molecule has 12 heteroatoms. The number of likely N-dealkylation sites (tertiary alicyclic amines) is 1. The van der Waals surface area contributed by atoms with Crippen molar-refractivity contribution in [3.8, 4) is 5.88 Å². The zero-order valence-corrected chi connectivity index (χ0v) is 22.8. The fourth-order valence-corrected chi connectivity index (χ4v) is 6.89. The smallest absolute Gasteiger partial charge is 0.410 e. The topological polar surface area (TPSA) is 120 Å². The van der Waals surface area contributed by atoms with E-state index in [1.165, 1.54) is 28.0 Å². The van der Waals surface area contributed by atoms with Gasteiger partial charge in [-0.3, -0.25) is 4.79 Å². The second-order valence-electron chi connectivity index (χ2n) is 10.0. The Labute approximate surface area is 229 Å². The highest BCUT2D eigenvalue weighted by Gasteiger charge is 2.54. The van der Waals surface area contributed by atoms with Gasteiger partial charge in [-0.05, 0) is 50.3 Å². The average molecular weight is 567 g/mol. The van der Waals surface area contributed by atoms with Crippen LogP contribution in [0, 0.1) is 6.92 Å². The van der Waals surface area contributed by atoms with Crippen molar-refractivity contribution >= 4 is 32.5 Å². The van der Waals surface area contributed by atoms with E-state index in [1.54, 1.807) is 12.1 Å². The molecule has 4 aromatic rings. The molecular weight excluding hydrogens is 540 g/mol. The SMILES string of the molecule is Cc1ccc(S(=O)(=O)Oc2cc(=O)n3nc(C4CCN(C(=O)OCc5ccccc5)C5(CC5)C4)sc3n2)cc1. The maximum Gasteiger partial charge on any atom is 0.410 e. The van der Waals surface area contributed by atoms with E-state index >= 15 is 0 Å². The number of aromatic nitrogens is 3. The van der Waals surface area contributed by atoms with Crippen molar-refractivity contribution in [2.24, 2.45) is 0 Å². The van der Waals surface area contributed by atoms with Gasteiger partial charge in [0.2, 0.25) is 10.8 Å². The summed E-state index contributed by atoms with van der Waals surface area (Å²) in [6, 6.07) is 16.8. The van der Waals surface area contributed by atoms with Gasteiger partial charge >= 0.3 is 16.2 Å². The molecule has 2 aliphatic rings. The predicted octanol–water partition coefficient (Wildman–Crippen LogP) is 4.28. The highest BCUT2D eigenvalue weighted by atomic mass is 32.2. The molecule has 1 saturated heterocycles. The second kappa shape index (κ2) is 9.76. The molecule has 2 aromatic heterocycles. The number of carbonyl (C=O) groups is 1. The van der Waals surface area contributed by atoms with Crippen LogP contribution in [0.25, 0.3) is 4.96 Å². The molecule has 1 aliphatic heterocycles. The molecule has 202 valence electrons. The van der Waals surface area contributed by atoms with Crippen LogP contribution < -0.4 is 9.74 Å². The number of carbonyl (C=O) groups excluding carboxylic acids is 1. The molecule has 0 radical (unpaired) electrons. The fraction of sp³-hybridized carbons (Fsp3) is 0.333. The van der Waals surface area contributed by atoms with Crippen molar-refractivity contribution in [2.45, 2.75) is 55.6 Å². The lowest BCUT2D eigenvalue weighted by Crippen LogP contribution is -2.47. The van der Waals surface area contributed by atoms with Crippen molar-refractivity contribution < 1.29 is 22.1 Å². The van der Waals surface area contributed by atoms with Gasteiger partial charge < -0.3 is 13.8 Å². The van der Waals surface area contributed by atoms with E-state index in [0.717, 1.165) is 35.0 Å². The van der Waals surface area contributed by atoms with Gasteiger partial charge in [0.1, 0.15) is 16.5 Å². The van der Waals surface area contributed by atoms with Crippen molar-refractivity contribution in [1.29, 1.82) is 0 Å². The van der Waals surface area contributed by atoms with Gasteiger partial charge in [-0.25, -0.2) is 4.79 Å². The Hall–Kier alpha value is -3.77. The lowest BCUT2D eigenvalue weighted by atomic mass is 9.90. The molecule has 10 nitrogen and oxygen atoms in total. The van der Waals surface area contributed by atoms with Crippen LogP contribution in [0.2, 0.25) is 0 Å². The van der Waals surface area contributed by atoms with Crippen molar-refractivity contribution in [3.63, 3.8) is 0 Å². The molecule has 3 heterocycles. The summed E-state index contributed by atoms with van der Waals surface area (Å²) >= 11 is 1.23. The largest absolute Gasteiger partial charge is 0.445 e. The number of aryl methyl sites for hydroxylation is 1. The van der Waals surface area contributed by atoms with Crippen LogP contribution in [-0.2, 0) is 21.5 Å². The molecule has 1 unspecified atom stereocenters. The molecular formula is C27H26N4O6S2. The Morgan fingerprint density at radius 2 is 1.87 bits per heavy atom. The number of rotatable bonds is 6. The number of nitrogens with zero attached hydrogens (tertiary/aromatic N) is 4. The lowest BCUT2D eigenvalue weighted by Gasteiger charge is -2.38. The monoisotopic (exact) mass is 566 g/mol. The maximum absolute atomic E-state index is 12.9. The molecule has 6 rings (SSSR count). The summed E-state index contributed by atoms with van der Waals surface area (Å²) in [4.78, 5) is 32.0. The van der Waals surface area contributed by atoms with Gasteiger partial charge in [0, 0.05) is 18.0 Å². The van der Waals surface area contributed by atoms with Crippen LogP contribution in [-0.4, -0.2) is 46.1 Å². The summed E-state index contributed by atoms with van der Waals surface area (Å²) in [6.45, 7) is 2.60. The number of piperidine rings is 1. The fourth-order valence-electron chi connectivity index (χ4n) is 4.98. The molecule has 1 spiro atoms. The summed E-state index contributed by atoms with van der Waals surface area (Å²) < 4.78 is 37.3. The number of hydrogen-bond donors (Lipinski definition) is 0. The van der Waals surface area contributed by atoms with Gasteiger partial charge in [-0.2, -0.15) is 23.0 Å². The van der Waals surface area contributed by atoms with E-state index in [-0.39, 0.29) is 39.9 Å². The number of benzene rings is 2. The number of ether oxygens (including phenoxy) is 1. The molecule has 1 saturated carbocycles. The van der Waals surface area contributed by atoms with Gasteiger partial charge in [0.15, 0.2) is 0 Å². The number of fused-ring (bicyclic) bond motifs is 1. The molecule has 1 aliphatic carbocycles. The molecule has 2 aromatic carbocycles. The van der Waals surface area contributed by atoms with Crippen molar-refractivity contribution in [1.82, 2.24) is 19.5 Å². The minimum Gasteiger partial charge on any atom is -0.445 e. The Morgan fingerprint density at radius 3 is 2.59 bits per heavy atom. The zero-order valence-electron chi connectivity index (χ0n) is 21.1. The Bertz CT molecular complexity index is 1700. The first kappa shape index (κ1) is 25.5. The lowest BCUT2D eigenvalue weighted by molar-refractivity contribution is 0.0567. The highest BCUT2D eigenvalue weighted by molar-refractivity contribution is 7.87. The first-order valence-corrected chi connectivity index (χ1v) is 14.9. The quantitative estimate of drug-likeness (QED) is 0.317. The van der Waals surface area contributed by atoms with Crippen molar-refractivity contribution in [3.05, 3.63) is 87.2 Å². The molecule has 1 amide bonds. The van der Waals surface area contributed by atoms with E-state index in [1.807, 2.05) is 42.2 Å². The van der Waals surface area contributed by atoms with Crippen LogP contribution in [0.15, 0.2) is 70.4 Å². The maximum atomic E-state index is 12.9. The first-order valence-electron chi connectivity index (χ1n) is 12.6. The average Bonchev–Trinajstić information content (AvgIpc) is 3.53. The van der Waals surface area contributed by atoms with Crippen LogP contribution in [0.4, 0.5) is 4.79 Å². The van der Waals surface area contributed by atoms with E-state index in [0.29, 0.717) is 19.4 Å². The third-order valence-electron chi connectivity index (χ3n) is 7.24. The predicted molar refractivity (Wildman–Crippen MR) is 143 cm³/mol. The Kier molecular flexibility index (Phi) is 6.38.